The zero-order chi connectivity index (χ0) is 16.2. The van der Waals surface area contributed by atoms with E-state index in [1.54, 1.807) is 0 Å². The molecular weight excluding hydrogens is 653 g/mol. The van der Waals surface area contributed by atoms with Gasteiger partial charge >= 0.3 is 189 Å². The fourth-order valence-corrected chi connectivity index (χ4v) is 0. The maximum Gasteiger partial charge on any atom is 2.00 e. The Morgan fingerprint density at radius 2 is 0.452 bits per heavy atom. The Kier molecular flexibility index (Phi) is 304. The Hall–Kier alpha value is 4.52. The Morgan fingerprint density at radius 3 is 0.452 bits per heavy atom. The van der Waals surface area contributed by atoms with Crippen molar-refractivity contribution in [3.63, 3.8) is 0 Å². The van der Waals surface area contributed by atoms with E-state index in [1.165, 1.54) is 0 Å². The molecule has 0 aliphatic rings. The maximum absolute atomic E-state index is 8.52. The minimum atomic E-state index is -5.17. The Balaban J connectivity index is -0.00000000495. The molecule has 0 aliphatic carbocycles. The average molecular weight is 669 g/mol. The monoisotopic (exact) mass is 668 g/mol. The van der Waals surface area contributed by atoms with Gasteiger partial charge in [-0.15, -0.1) is 0 Å². The second-order valence-corrected chi connectivity index (χ2v) is 2.95. The molecule has 0 rings (SSSR count). The molecule has 0 fully saturated rings. The number of carboxylic acid groups (broad SMARTS) is 4. The standard InChI is InChI=1S/2CH2O3.5Ca.2H2O4S.7H2O.H4Si/c2*2-1(3)4;;;;;;2*1-5(2,3)4;;;;;;;;/h2*(H2,2,3,4);;;;;;2*(H2,1,2,3,4);7*1H2;1H4/q;;5*+2;;;;;;;;;;/p-10. The Labute approximate surface area is 329 Å². The summed E-state index contributed by atoms with van der Waals surface area (Å²) in [6, 6.07) is 0. The molecule has 31 heavy (non-hydrogen) atoms. The third kappa shape index (κ3) is 1790. The molecule has 21 nitrogen and oxygen atoms in total. The SMILES string of the molecule is O.O.O.O.O.O=C([O-])[O-].O=C([O-])[O-].O=S(=O)([O-])[O-].O=S(=O)([O-])[O-].[Ca+2].[Ca+2].[Ca+2].[Ca+2].[Ca+2].[OH-].[OH-].[SiH4]. The molecule has 0 amide bonds. The van der Waals surface area contributed by atoms with E-state index < -0.39 is 33.1 Å². The van der Waals surface area contributed by atoms with Gasteiger partial charge in [0.15, 0.2) is 0 Å². The van der Waals surface area contributed by atoms with Crippen LogP contribution in [0.15, 0.2) is 0 Å². The molecular formula is C2H16Ca5O21S2Si. The average Bonchev–Trinajstić information content (AvgIpc) is 1.70. The Morgan fingerprint density at radius 1 is 0.452 bits per heavy atom. The van der Waals surface area contributed by atoms with Crippen LogP contribution in [0.1, 0.15) is 0 Å². The van der Waals surface area contributed by atoms with Gasteiger partial charge in [-0.2, -0.15) is 0 Å². The molecule has 0 aromatic carbocycles. The molecule has 0 bridgehead atoms. The van der Waals surface area contributed by atoms with Crippen molar-refractivity contribution in [1.29, 1.82) is 0 Å². The van der Waals surface area contributed by atoms with Gasteiger partial charge in [0, 0.05) is 20.8 Å². The van der Waals surface area contributed by atoms with Gasteiger partial charge in [-0.25, -0.2) is 0 Å². The van der Waals surface area contributed by atoms with E-state index in [-0.39, 0.29) is 238 Å². The molecule has 0 heterocycles. The van der Waals surface area contributed by atoms with E-state index in [4.69, 9.17) is 65.1 Å². The van der Waals surface area contributed by atoms with E-state index in [1.807, 2.05) is 0 Å². The normalized spacial score (nSPS) is 5.29. The van der Waals surface area contributed by atoms with E-state index >= 15 is 0 Å². The first-order chi connectivity index (χ1) is 7.46. The van der Waals surface area contributed by atoms with Gasteiger partial charge < -0.3 is 86.6 Å². The third-order valence-corrected chi connectivity index (χ3v) is 0. The van der Waals surface area contributed by atoms with Crippen LogP contribution < -0.4 is 20.4 Å². The van der Waals surface area contributed by atoms with Crippen LogP contribution in [0.2, 0.25) is 0 Å². The molecule has 0 saturated carbocycles. The van der Waals surface area contributed by atoms with Crippen LogP contribution in [0.3, 0.4) is 0 Å². The van der Waals surface area contributed by atoms with Crippen LogP contribution in [-0.2, 0) is 20.8 Å². The quantitative estimate of drug-likeness (QED) is 0.131. The molecule has 0 radical (unpaired) electrons. The summed E-state index contributed by atoms with van der Waals surface area (Å²) in [5.74, 6) is 0. The molecule has 0 unspecified atom stereocenters. The van der Waals surface area contributed by atoms with Crippen molar-refractivity contribution in [2.75, 3.05) is 0 Å². The second-order valence-electron chi connectivity index (χ2n) is 1.32. The van der Waals surface area contributed by atoms with Crippen LogP contribution in [0.25, 0.3) is 0 Å². The topological polar surface area (TPSA) is 504 Å². The second kappa shape index (κ2) is 76.5. The molecule has 29 heteroatoms. The smallest absolute Gasteiger partial charge is 0.870 e. The summed E-state index contributed by atoms with van der Waals surface area (Å²) < 4.78 is 68.2. The van der Waals surface area contributed by atoms with Crippen molar-refractivity contribution in [3.05, 3.63) is 0 Å². The van der Waals surface area contributed by atoms with Crippen LogP contribution in [-0.4, -0.2) is 285 Å². The van der Waals surface area contributed by atoms with E-state index in [0.717, 1.165) is 0 Å². The Bertz CT molecular complexity index is 373. The molecule has 0 aromatic heterocycles. The van der Waals surface area contributed by atoms with Gasteiger partial charge in [-0.1, -0.05) is 0 Å². The van der Waals surface area contributed by atoms with Crippen LogP contribution in [0, 0.1) is 0 Å². The summed E-state index contributed by atoms with van der Waals surface area (Å²) in [6.45, 7) is 0. The summed E-state index contributed by atoms with van der Waals surface area (Å²) >= 11 is 0. The van der Waals surface area contributed by atoms with Gasteiger partial charge in [0.1, 0.15) is 0 Å². The minimum Gasteiger partial charge on any atom is -0.870 e. The summed E-state index contributed by atoms with van der Waals surface area (Å²) in [4.78, 5) is 16.7. The maximum atomic E-state index is 8.52. The van der Waals surface area contributed by atoms with E-state index in [0.29, 0.717) is 0 Å². The van der Waals surface area contributed by atoms with Crippen molar-refractivity contribution in [2.24, 2.45) is 0 Å². The van der Waals surface area contributed by atoms with Gasteiger partial charge in [0.05, 0.1) is 0 Å². The van der Waals surface area contributed by atoms with Gasteiger partial charge in [-0.05, 0) is 23.3 Å². The third-order valence-electron chi connectivity index (χ3n) is 0. The van der Waals surface area contributed by atoms with Crippen molar-refractivity contribution < 1.29 is 103 Å². The number of carbonyl (C=O) groups is 2. The number of rotatable bonds is 0. The molecule has 0 spiro atoms. The fraction of sp³-hybridized carbons (Fsp3) is 0. The van der Waals surface area contributed by atoms with Crippen molar-refractivity contribution in [3.8, 4) is 0 Å². The molecule has 0 aliphatic heterocycles. The van der Waals surface area contributed by atoms with E-state index in [9.17, 15) is 0 Å². The van der Waals surface area contributed by atoms with Gasteiger partial charge in [-0.3, -0.25) is 16.8 Å². The molecule has 0 saturated heterocycles. The number of carbonyl (C=O) groups excluding carboxylic acids is 2. The number of hydrogen-bond donors (Lipinski definition) is 0. The largest absolute Gasteiger partial charge is 2.00 e. The van der Waals surface area contributed by atoms with Crippen LogP contribution in [0.4, 0.5) is 9.59 Å². The van der Waals surface area contributed by atoms with Gasteiger partial charge in [0.2, 0.25) is 0 Å². The zero-order valence-corrected chi connectivity index (χ0v) is 27.1. The van der Waals surface area contributed by atoms with Crippen LogP contribution in [0.5, 0.6) is 0 Å². The first kappa shape index (κ1) is 123. The molecule has 12 N–H and O–H groups in total. The first-order valence-corrected chi connectivity index (χ1v) is 5.22. The van der Waals surface area contributed by atoms with Crippen molar-refractivity contribution in [1.82, 2.24) is 0 Å². The number of hydrogen-bond acceptors (Lipinski definition) is 16. The van der Waals surface area contributed by atoms with Crippen molar-refractivity contribution in [2.45, 2.75) is 0 Å². The molecule has 176 valence electrons. The molecule has 0 atom stereocenters. The molecule has 0 aromatic rings. The fourth-order valence-electron chi connectivity index (χ4n) is 0. The predicted octanol–water partition coefficient (Wildman–Crippen LogP) is -15.4. The van der Waals surface area contributed by atoms with Crippen LogP contribution >= 0.6 is 0 Å². The summed E-state index contributed by atoms with van der Waals surface area (Å²) in [7, 11) is -10.3. The minimum absolute atomic E-state index is 0. The van der Waals surface area contributed by atoms with Crippen molar-refractivity contribution >= 4 is 233 Å². The first-order valence-electron chi connectivity index (χ1n) is 2.56. The predicted molar refractivity (Wildman–Crippen MR) is 93.8 cm³/mol. The summed E-state index contributed by atoms with van der Waals surface area (Å²) in [5, 5.41) is 33.3. The summed E-state index contributed by atoms with van der Waals surface area (Å²) in [5.41, 5.74) is 0. The zero-order valence-electron chi connectivity index (χ0n) is 14.5. The van der Waals surface area contributed by atoms with Gasteiger partial charge in [0.25, 0.3) is 0 Å². The van der Waals surface area contributed by atoms with E-state index in [2.05, 4.69) is 0 Å². The summed E-state index contributed by atoms with van der Waals surface area (Å²) in [6.07, 6.45) is -4.67.